The molecule has 1 heterocycles. The first-order valence-electron chi connectivity index (χ1n) is 10.3. The van der Waals surface area contributed by atoms with Gasteiger partial charge in [0.2, 0.25) is 0 Å². The molecule has 2 nitrogen and oxygen atoms in total. The zero-order chi connectivity index (χ0) is 22.4. The van der Waals surface area contributed by atoms with Crippen molar-refractivity contribution in [3.05, 3.63) is 64.8 Å². The summed E-state index contributed by atoms with van der Waals surface area (Å²) in [6, 6.07) is 0. The van der Waals surface area contributed by atoms with Gasteiger partial charge in [0.25, 0.3) is 0 Å². The lowest BCUT2D eigenvalue weighted by Crippen LogP contribution is -2.13. The number of pyridine rings is 1. The van der Waals surface area contributed by atoms with E-state index < -0.39 is 0 Å². The highest BCUT2D eigenvalue weighted by Gasteiger charge is 2.22. The van der Waals surface area contributed by atoms with Gasteiger partial charge in [-0.2, -0.15) is 0 Å². The molecule has 1 aromatic heterocycles. The molecule has 0 saturated carbocycles. The molecule has 0 aliphatic heterocycles. The maximum atomic E-state index is 13.7. The quantitative estimate of drug-likeness (QED) is 0.413. The molecule has 0 saturated heterocycles. The molecule has 0 aliphatic rings. The molecular weight excluding hydrogens is 361 g/mol. The Balaban J connectivity index is 4.02. The van der Waals surface area contributed by atoms with Crippen molar-refractivity contribution in [2.24, 2.45) is 5.41 Å². The number of hydrogen-bond acceptors (Lipinski definition) is 2. The molecule has 0 radical (unpaired) electrons. The predicted octanol–water partition coefficient (Wildman–Crippen LogP) is 7.98. The number of allylic oxidation sites excluding steroid dienone is 6. The van der Waals surface area contributed by atoms with Crippen LogP contribution in [0.2, 0.25) is 0 Å². The molecule has 0 bridgehead atoms. The van der Waals surface area contributed by atoms with Gasteiger partial charge < -0.3 is 4.74 Å². The normalized spacial score (nSPS) is 13.8. The van der Waals surface area contributed by atoms with Crippen LogP contribution in [0.1, 0.15) is 95.3 Å². The van der Waals surface area contributed by atoms with Crippen LogP contribution in [0.5, 0.6) is 0 Å². The van der Waals surface area contributed by atoms with E-state index in [0.29, 0.717) is 6.61 Å². The molecule has 0 aliphatic carbocycles. The summed E-state index contributed by atoms with van der Waals surface area (Å²) in [4.78, 5) is 5.08. The lowest BCUT2D eigenvalue weighted by molar-refractivity contribution is 0.183. The molecule has 160 valence electrons. The van der Waals surface area contributed by atoms with E-state index in [1.165, 1.54) is 12.2 Å². The summed E-state index contributed by atoms with van der Waals surface area (Å²) in [5.74, 6) is 0.160. The van der Waals surface area contributed by atoms with Crippen LogP contribution in [0.15, 0.2) is 36.7 Å². The number of methoxy groups -OCH3 is 1. The molecule has 0 atom stereocenters. The molecular formula is C26H38FNO. The minimum Gasteiger partial charge on any atom is -0.380 e. The third-order valence-electron chi connectivity index (χ3n) is 4.61. The topological polar surface area (TPSA) is 22.1 Å². The number of hydrogen-bond donors (Lipinski definition) is 0. The van der Waals surface area contributed by atoms with E-state index in [9.17, 15) is 4.39 Å². The minimum atomic E-state index is -0.355. The molecule has 0 unspecified atom stereocenters. The van der Waals surface area contributed by atoms with Crippen LogP contribution in [-0.2, 0) is 11.3 Å². The Morgan fingerprint density at radius 3 is 2.14 bits per heavy atom. The summed E-state index contributed by atoms with van der Waals surface area (Å²) in [6.07, 6.45) is 8.87. The average Bonchev–Trinajstić information content (AvgIpc) is 2.62. The van der Waals surface area contributed by atoms with E-state index >= 15 is 0 Å². The van der Waals surface area contributed by atoms with Gasteiger partial charge in [0.1, 0.15) is 5.83 Å². The highest BCUT2D eigenvalue weighted by molar-refractivity contribution is 5.78. The van der Waals surface area contributed by atoms with Crippen molar-refractivity contribution in [1.82, 2.24) is 4.98 Å². The van der Waals surface area contributed by atoms with E-state index in [1.54, 1.807) is 7.11 Å². The SMILES string of the molecule is C=C/C(F)=C\C=C(/C)c1c(/C=C/C(C)(C)C)c(C(C)C)nc(C(C)C)c1COC. The molecule has 0 spiro atoms. The fourth-order valence-corrected chi connectivity index (χ4v) is 3.19. The zero-order valence-electron chi connectivity index (χ0n) is 19.7. The molecule has 0 aromatic carbocycles. The number of rotatable bonds is 8. The van der Waals surface area contributed by atoms with E-state index in [4.69, 9.17) is 9.72 Å². The fourth-order valence-electron chi connectivity index (χ4n) is 3.19. The smallest absolute Gasteiger partial charge is 0.122 e. The zero-order valence-corrected chi connectivity index (χ0v) is 19.7. The highest BCUT2D eigenvalue weighted by Crippen LogP contribution is 2.36. The Morgan fingerprint density at radius 2 is 1.69 bits per heavy atom. The number of halogens is 1. The number of ether oxygens (including phenoxy) is 1. The first kappa shape index (κ1) is 25.0. The molecule has 0 amide bonds. The second kappa shape index (κ2) is 10.7. The predicted molar refractivity (Wildman–Crippen MR) is 125 cm³/mol. The molecule has 0 N–H and O–H groups in total. The maximum Gasteiger partial charge on any atom is 0.122 e. The second-order valence-corrected chi connectivity index (χ2v) is 9.20. The van der Waals surface area contributed by atoms with Crippen molar-refractivity contribution < 1.29 is 9.13 Å². The third kappa shape index (κ3) is 7.08. The summed E-state index contributed by atoms with van der Waals surface area (Å²) in [6.45, 7) is 21.1. The Kier molecular flexibility index (Phi) is 9.22. The van der Waals surface area contributed by atoms with E-state index in [-0.39, 0.29) is 23.1 Å². The lowest BCUT2D eigenvalue weighted by atomic mass is 9.86. The Labute approximate surface area is 177 Å². The fraction of sp³-hybridized carbons (Fsp3) is 0.500. The minimum absolute atomic E-state index is 0.0378. The summed E-state index contributed by atoms with van der Waals surface area (Å²) in [5, 5.41) is 0. The maximum absolute atomic E-state index is 13.7. The summed E-state index contributed by atoms with van der Waals surface area (Å²) >= 11 is 0. The lowest BCUT2D eigenvalue weighted by Gasteiger charge is -2.24. The Hall–Kier alpha value is -2.00. The summed E-state index contributed by atoms with van der Waals surface area (Å²) in [7, 11) is 1.70. The standard InChI is InChI=1S/C26H38FNO/c1-11-20(27)13-12-19(6)23-21(14-15-26(7,8)9)24(17(2)3)28-25(18(4)5)22(23)16-29-10/h11-15,17-18H,1,16H2,2-10H3/b15-14+,19-12+,20-13+. The van der Waals surface area contributed by atoms with Crippen LogP contribution in [-0.4, -0.2) is 12.1 Å². The van der Waals surface area contributed by atoms with E-state index in [1.807, 2.05) is 13.0 Å². The third-order valence-corrected chi connectivity index (χ3v) is 4.61. The van der Waals surface area contributed by atoms with Crippen LogP contribution < -0.4 is 0 Å². The Bertz CT molecular complexity index is 805. The highest BCUT2D eigenvalue weighted by atomic mass is 19.1. The van der Waals surface area contributed by atoms with Crippen molar-refractivity contribution in [2.75, 3.05) is 7.11 Å². The first-order chi connectivity index (χ1) is 13.4. The molecule has 29 heavy (non-hydrogen) atoms. The molecule has 0 fully saturated rings. The number of aromatic nitrogens is 1. The monoisotopic (exact) mass is 399 g/mol. The second-order valence-electron chi connectivity index (χ2n) is 9.20. The Morgan fingerprint density at radius 1 is 1.10 bits per heavy atom. The van der Waals surface area contributed by atoms with Gasteiger partial charge in [-0.25, -0.2) is 4.39 Å². The van der Waals surface area contributed by atoms with E-state index in [2.05, 4.69) is 67.2 Å². The average molecular weight is 400 g/mol. The molecule has 3 heteroatoms. The van der Waals surface area contributed by atoms with Gasteiger partial charge in [-0.1, -0.05) is 73.3 Å². The van der Waals surface area contributed by atoms with Gasteiger partial charge in [-0.05, 0) is 47.5 Å². The van der Waals surface area contributed by atoms with Crippen molar-refractivity contribution in [3.63, 3.8) is 0 Å². The van der Waals surface area contributed by atoms with Crippen molar-refractivity contribution in [2.45, 2.75) is 73.8 Å². The van der Waals surface area contributed by atoms with Crippen LogP contribution in [0, 0.1) is 5.41 Å². The van der Waals surface area contributed by atoms with Crippen LogP contribution in [0.3, 0.4) is 0 Å². The van der Waals surface area contributed by atoms with Gasteiger partial charge in [0, 0.05) is 23.9 Å². The van der Waals surface area contributed by atoms with Crippen LogP contribution in [0.25, 0.3) is 11.6 Å². The molecule has 1 rings (SSSR count). The largest absolute Gasteiger partial charge is 0.380 e. The van der Waals surface area contributed by atoms with Crippen molar-refractivity contribution in [3.8, 4) is 0 Å². The van der Waals surface area contributed by atoms with Crippen molar-refractivity contribution in [1.29, 1.82) is 0 Å². The van der Waals surface area contributed by atoms with E-state index in [0.717, 1.165) is 33.7 Å². The van der Waals surface area contributed by atoms with Crippen LogP contribution >= 0.6 is 0 Å². The number of nitrogens with zero attached hydrogens (tertiary/aromatic N) is 1. The van der Waals surface area contributed by atoms with Gasteiger partial charge in [0.05, 0.1) is 12.3 Å². The molecule has 1 aromatic rings. The van der Waals surface area contributed by atoms with Crippen molar-refractivity contribution >= 4 is 11.6 Å². The van der Waals surface area contributed by atoms with Gasteiger partial charge in [-0.3, -0.25) is 4.98 Å². The summed E-state index contributed by atoms with van der Waals surface area (Å²) in [5.41, 5.74) is 6.37. The van der Waals surface area contributed by atoms with Gasteiger partial charge >= 0.3 is 0 Å². The van der Waals surface area contributed by atoms with Gasteiger partial charge in [0.15, 0.2) is 0 Å². The first-order valence-corrected chi connectivity index (χ1v) is 10.3. The van der Waals surface area contributed by atoms with Gasteiger partial charge in [-0.15, -0.1) is 0 Å². The van der Waals surface area contributed by atoms with Crippen LogP contribution in [0.4, 0.5) is 4.39 Å². The summed E-state index contributed by atoms with van der Waals surface area (Å²) < 4.78 is 19.3.